The minimum Gasteiger partial charge on any atom is -0.354 e. The Morgan fingerprint density at radius 2 is 1.80 bits per heavy atom. The summed E-state index contributed by atoms with van der Waals surface area (Å²) in [6.45, 7) is 3.16. The Morgan fingerprint density at radius 3 is 2.40 bits per heavy atom. The molecule has 0 aromatic rings. The fourth-order valence-electron chi connectivity index (χ4n) is 2.34. The first-order chi connectivity index (χ1) is 9.11. The summed E-state index contributed by atoms with van der Waals surface area (Å²) in [5, 5.41) is 5.45. The molecule has 118 valence electrons. The van der Waals surface area contributed by atoms with E-state index in [0.29, 0.717) is 25.4 Å². The predicted molar refractivity (Wildman–Crippen MR) is 82.7 cm³/mol. The van der Waals surface area contributed by atoms with E-state index in [9.17, 15) is 9.59 Å². The summed E-state index contributed by atoms with van der Waals surface area (Å²) in [6, 6.07) is 0. The fraction of sp³-hybridized carbons (Fsp3) is 0.857. The van der Waals surface area contributed by atoms with Gasteiger partial charge in [-0.25, -0.2) is 0 Å². The topological polar surface area (TPSA) is 84.2 Å². The molecule has 1 aliphatic carbocycles. The Hall–Kier alpha value is -0.810. The van der Waals surface area contributed by atoms with Crippen molar-refractivity contribution in [2.24, 2.45) is 17.6 Å². The van der Waals surface area contributed by atoms with E-state index in [-0.39, 0.29) is 36.7 Å². The van der Waals surface area contributed by atoms with Crippen LogP contribution >= 0.6 is 12.4 Å². The zero-order chi connectivity index (χ0) is 14.1. The highest BCUT2D eigenvalue weighted by atomic mass is 35.5. The lowest BCUT2D eigenvalue weighted by molar-refractivity contribution is -0.126. The van der Waals surface area contributed by atoms with Crippen molar-refractivity contribution in [3.05, 3.63) is 0 Å². The molecule has 1 unspecified atom stereocenters. The maximum Gasteiger partial charge on any atom is 0.239 e. The minimum atomic E-state index is -0.141. The van der Waals surface area contributed by atoms with E-state index in [0.717, 1.165) is 12.8 Å². The van der Waals surface area contributed by atoms with Crippen molar-refractivity contribution in [3.63, 3.8) is 0 Å². The van der Waals surface area contributed by atoms with Crippen LogP contribution in [0.25, 0.3) is 0 Å². The molecule has 2 amide bonds. The molecule has 1 saturated carbocycles. The van der Waals surface area contributed by atoms with Gasteiger partial charge in [0.2, 0.25) is 11.8 Å². The number of halogens is 1. The number of nitrogens with one attached hydrogen (secondary N) is 2. The second-order valence-corrected chi connectivity index (χ2v) is 5.63. The van der Waals surface area contributed by atoms with Gasteiger partial charge in [0.05, 0.1) is 6.54 Å². The minimum absolute atomic E-state index is 0. The van der Waals surface area contributed by atoms with Crippen LogP contribution in [0.1, 0.15) is 45.4 Å². The summed E-state index contributed by atoms with van der Waals surface area (Å²) in [7, 11) is 0. The number of carbonyl (C=O) groups excluding carboxylic acids is 2. The van der Waals surface area contributed by atoms with Crippen LogP contribution in [0.2, 0.25) is 0 Å². The van der Waals surface area contributed by atoms with Gasteiger partial charge in [-0.2, -0.15) is 0 Å². The van der Waals surface area contributed by atoms with Crippen molar-refractivity contribution < 1.29 is 9.59 Å². The van der Waals surface area contributed by atoms with Crippen molar-refractivity contribution in [3.8, 4) is 0 Å². The van der Waals surface area contributed by atoms with Crippen molar-refractivity contribution in [1.29, 1.82) is 0 Å². The van der Waals surface area contributed by atoms with Crippen LogP contribution in [0.4, 0.5) is 0 Å². The lowest BCUT2D eigenvalue weighted by Crippen LogP contribution is -2.39. The Balaban J connectivity index is 0.00000361. The summed E-state index contributed by atoms with van der Waals surface area (Å²) in [6.07, 6.45) is 6.61. The van der Waals surface area contributed by atoms with E-state index in [4.69, 9.17) is 5.73 Å². The van der Waals surface area contributed by atoms with Gasteiger partial charge in [-0.05, 0) is 31.2 Å². The first kappa shape index (κ1) is 19.2. The number of rotatable bonds is 7. The number of nitrogens with two attached hydrogens (primary N) is 1. The zero-order valence-electron chi connectivity index (χ0n) is 12.3. The molecule has 20 heavy (non-hydrogen) atoms. The lowest BCUT2D eigenvalue weighted by Gasteiger charge is -2.20. The molecule has 1 aliphatic rings. The number of amides is 2. The Bertz CT molecular complexity index is 294. The summed E-state index contributed by atoms with van der Waals surface area (Å²) < 4.78 is 0. The van der Waals surface area contributed by atoms with Crippen LogP contribution in [0, 0.1) is 11.8 Å². The molecule has 1 rings (SSSR count). The van der Waals surface area contributed by atoms with Gasteiger partial charge in [0, 0.05) is 13.0 Å². The van der Waals surface area contributed by atoms with Gasteiger partial charge in [-0.3, -0.25) is 9.59 Å². The monoisotopic (exact) mass is 305 g/mol. The Kier molecular flexibility index (Phi) is 10.5. The summed E-state index contributed by atoms with van der Waals surface area (Å²) in [5.74, 6) is 0.627. The highest BCUT2D eigenvalue weighted by molar-refractivity contribution is 5.85. The van der Waals surface area contributed by atoms with Crippen LogP contribution in [0.3, 0.4) is 0 Å². The highest BCUT2D eigenvalue weighted by Crippen LogP contribution is 2.25. The van der Waals surface area contributed by atoms with Gasteiger partial charge < -0.3 is 16.4 Å². The smallest absolute Gasteiger partial charge is 0.239 e. The zero-order valence-corrected chi connectivity index (χ0v) is 13.1. The summed E-state index contributed by atoms with van der Waals surface area (Å²) >= 11 is 0. The highest BCUT2D eigenvalue weighted by Gasteiger charge is 2.17. The molecule has 1 atom stereocenters. The van der Waals surface area contributed by atoms with E-state index in [1.54, 1.807) is 0 Å². The molecule has 0 aromatic carbocycles. The van der Waals surface area contributed by atoms with Crippen molar-refractivity contribution in [2.75, 3.05) is 19.6 Å². The van der Waals surface area contributed by atoms with Crippen molar-refractivity contribution >= 4 is 24.2 Å². The third-order valence-corrected chi connectivity index (χ3v) is 3.69. The lowest BCUT2D eigenvalue weighted by atomic mass is 9.87. The van der Waals surface area contributed by atoms with E-state index in [1.165, 1.54) is 19.3 Å². The van der Waals surface area contributed by atoms with Gasteiger partial charge in [0.1, 0.15) is 0 Å². The molecule has 1 fully saturated rings. The number of hydrogen-bond acceptors (Lipinski definition) is 3. The molecule has 0 aliphatic heterocycles. The first-order valence-corrected chi connectivity index (χ1v) is 7.35. The van der Waals surface area contributed by atoms with Gasteiger partial charge in [0.15, 0.2) is 0 Å². The molecule has 4 N–H and O–H groups in total. The Morgan fingerprint density at radius 1 is 1.15 bits per heavy atom. The molecular weight excluding hydrogens is 278 g/mol. The molecule has 0 saturated heterocycles. The largest absolute Gasteiger partial charge is 0.354 e. The average molecular weight is 306 g/mol. The van der Waals surface area contributed by atoms with Crippen LogP contribution in [-0.4, -0.2) is 31.4 Å². The fourth-order valence-corrected chi connectivity index (χ4v) is 2.34. The summed E-state index contributed by atoms with van der Waals surface area (Å²) in [4.78, 5) is 23.2. The molecule has 0 radical (unpaired) electrons. The molecule has 0 heterocycles. The van der Waals surface area contributed by atoms with Crippen LogP contribution in [0.15, 0.2) is 0 Å². The third-order valence-electron chi connectivity index (χ3n) is 3.69. The van der Waals surface area contributed by atoms with Gasteiger partial charge in [-0.1, -0.05) is 26.2 Å². The molecule has 0 bridgehead atoms. The maximum atomic E-state index is 11.7. The number of carbonyl (C=O) groups is 2. The molecule has 5 nitrogen and oxygen atoms in total. The summed E-state index contributed by atoms with van der Waals surface area (Å²) in [5.41, 5.74) is 5.46. The van der Waals surface area contributed by atoms with E-state index in [1.807, 2.05) is 6.92 Å². The van der Waals surface area contributed by atoms with Gasteiger partial charge >= 0.3 is 0 Å². The van der Waals surface area contributed by atoms with E-state index >= 15 is 0 Å². The van der Waals surface area contributed by atoms with Gasteiger partial charge in [-0.15, -0.1) is 12.4 Å². The standard InChI is InChI=1S/C14H27N3O2.ClH/c1-11(8-15)9-16-14(19)10-17-13(18)7-12-5-3-2-4-6-12;/h11-12H,2-10,15H2,1H3,(H,16,19)(H,17,18);1H. The Labute approximate surface area is 127 Å². The molecular formula is C14H28ClN3O2. The quantitative estimate of drug-likeness (QED) is 0.661. The molecule has 0 spiro atoms. The molecule has 0 aromatic heterocycles. The normalized spacial score (nSPS) is 16.9. The van der Waals surface area contributed by atoms with E-state index < -0.39 is 0 Å². The third kappa shape index (κ3) is 8.38. The first-order valence-electron chi connectivity index (χ1n) is 7.35. The van der Waals surface area contributed by atoms with Crippen molar-refractivity contribution in [2.45, 2.75) is 45.4 Å². The van der Waals surface area contributed by atoms with Crippen molar-refractivity contribution in [1.82, 2.24) is 10.6 Å². The maximum absolute atomic E-state index is 11.7. The van der Waals surface area contributed by atoms with E-state index in [2.05, 4.69) is 10.6 Å². The van der Waals surface area contributed by atoms with Crippen LogP contribution in [0.5, 0.6) is 0 Å². The van der Waals surface area contributed by atoms with Crippen LogP contribution in [-0.2, 0) is 9.59 Å². The second kappa shape index (κ2) is 10.9. The average Bonchev–Trinajstić information content (AvgIpc) is 2.43. The van der Waals surface area contributed by atoms with Crippen LogP contribution < -0.4 is 16.4 Å². The SMILES string of the molecule is CC(CN)CNC(=O)CNC(=O)CC1CCCCC1.Cl. The number of hydrogen-bond donors (Lipinski definition) is 3. The second-order valence-electron chi connectivity index (χ2n) is 5.63. The molecule has 6 heteroatoms. The van der Waals surface area contributed by atoms with Gasteiger partial charge in [0.25, 0.3) is 0 Å². The predicted octanol–water partition coefficient (Wildman–Crippen LogP) is 1.21.